The van der Waals surface area contributed by atoms with Crippen LogP contribution in [0.25, 0.3) is 0 Å². The second-order valence-electron chi connectivity index (χ2n) is 8.45. The van der Waals surface area contributed by atoms with E-state index in [-0.39, 0.29) is 29.9 Å². The molecular weight excluding hydrogens is 401 g/mol. The third-order valence-electron chi connectivity index (χ3n) is 5.91. The van der Waals surface area contributed by atoms with Crippen LogP contribution in [0.4, 0.5) is 13.6 Å². The van der Waals surface area contributed by atoms with E-state index in [9.17, 15) is 18.4 Å². The molecule has 2 aliphatic heterocycles. The van der Waals surface area contributed by atoms with Gasteiger partial charge in [-0.1, -0.05) is 0 Å². The molecule has 0 aliphatic carbocycles. The summed E-state index contributed by atoms with van der Waals surface area (Å²) < 4.78 is 45.7. The van der Waals surface area contributed by atoms with Crippen molar-refractivity contribution in [1.82, 2.24) is 10.2 Å². The number of carbonyl (C=O) groups excluding carboxylic acids is 1. The van der Waals surface area contributed by atoms with Gasteiger partial charge in [-0.2, -0.15) is 0 Å². The molecule has 2 aliphatic rings. The standard InChI is InChI=1S/C19H25BF2N2O6/c1-18(2)19(3,4)30-20(29-18)11-6-10(15(28-5)7-12(11)21)16(25)23-14-9-24(17(26)27)8-13(14)22/h6-7,13-14H,8-9H2,1-5H3,(H,23,25)(H,26,27)/t13-,14+/m0/s1. The minimum absolute atomic E-state index is 0.00924. The zero-order valence-electron chi connectivity index (χ0n) is 17.5. The van der Waals surface area contributed by atoms with Crippen molar-refractivity contribution in [2.75, 3.05) is 20.2 Å². The maximum atomic E-state index is 14.7. The third kappa shape index (κ3) is 3.96. The molecule has 2 heterocycles. The molecular formula is C19H25BF2N2O6. The molecule has 1 aromatic rings. The highest BCUT2D eigenvalue weighted by Crippen LogP contribution is 2.37. The third-order valence-corrected chi connectivity index (χ3v) is 5.91. The molecule has 2 fully saturated rings. The fourth-order valence-corrected chi connectivity index (χ4v) is 3.37. The van der Waals surface area contributed by atoms with Crippen LogP contribution in [-0.2, 0) is 9.31 Å². The number of halogens is 2. The van der Waals surface area contributed by atoms with Gasteiger partial charge in [-0.25, -0.2) is 13.6 Å². The van der Waals surface area contributed by atoms with Crippen molar-refractivity contribution in [3.8, 4) is 5.75 Å². The number of likely N-dealkylation sites (tertiary alicyclic amines) is 1. The van der Waals surface area contributed by atoms with Crippen molar-refractivity contribution < 1.29 is 37.5 Å². The van der Waals surface area contributed by atoms with Crippen LogP contribution in [0.5, 0.6) is 5.75 Å². The number of hydrogen-bond donors (Lipinski definition) is 2. The zero-order chi connectivity index (χ0) is 22.4. The first-order valence-electron chi connectivity index (χ1n) is 9.52. The van der Waals surface area contributed by atoms with Gasteiger partial charge in [0.2, 0.25) is 0 Å². The Labute approximate surface area is 173 Å². The monoisotopic (exact) mass is 426 g/mol. The van der Waals surface area contributed by atoms with E-state index in [0.29, 0.717) is 0 Å². The number of carboxylic acid groups (broad SMARTS) is 1. The lowest BCUT2D eigenvalue weighted by atomic mass is 9.77. The summed E-state index contributed by atoms with van der Waals surface area (Å²) in [5, 5.41) is 11.5. The van der Waals surface area contributed by atoms with E-state index < -0.39 is 48.4 Å². The zero-order valence-corrected chi connectivity index (χ0v) is 17.5. The van der Waals surface area contributed by atoms with Crippen LogP contribution in [0.2, 0.25) is 0 Å². The number of alkyl halides is 1. The van der Waals surface area contributed by atoms with E-state index in [1.165, 1.54) is 13.2 Å². The summed E-state index contributed by atoms with van der Waals surface area (Å²) in [7, 11) is 0.232. The molecule has 30 heavy (non-hydrogen) atoms. The van der Waals surface area contributed by atoms with Gasteiger partial charge in [0.15, 0.2) is 0 Å². The molecule has 8 nitrogen and oxygen atoms in total. The molecule has 0 bridgehead atoms. The first-order valence-corrected chi connectivity index (χ1v) is 9.52. The highest BCUT2D eigenvalue weighted by atomic mass is 19.1. The van der Waals surface area contributed by atoms with E-state index in [4.69, 9.17) is 19.2 Å². The number of nitrogens with zero attached hydrogens (tertiary/aromatic N) is 1. The summed E-state index contributed by atoms with van der Waals surface area (Å²) in [6.07, 6.45) is -2.82. The molecule has 3 rings (SSSR count). The van der Waals surface area contributed by atoms with E-state index in [1.807, 2.05) is 27.7 Å². The highest BCUT2D eigenvalue weighted by molar-refractivity contribution is 6.62. The van der Waals surface area contributed by atoms with E-state index in [2.05, 4.69) is 5.32 Å². The van der Waals surface area contributed by atoms with E-state index in [1.54, 1.807) is 0 Å². The lowest BCUT2D eigenvalue weighted by Crippen LogP contribution is -2.43. The molecule has 0 unspecified atom stereocenters. The largest absolute Gasteiger partial charge is 0.497 e. The number of hydrogen-bond acceptors (Lipinski definition) is 5. The highest BCUT2D eigenvalue weighted by Gasteiger charge is 2.52. The van der Waals surface area contributed by atoms with Crippen molar-refractivity contribution in [3.63, 3.8) is 0 Å². The number of carbonyl (C=O) groups is 2. The van der Waals surface area contributed by atoms with Gasteiger partial charge < -0.3 is 29.4 Å². The number of amides is 2. The summed E-state index contributed by atoms with van der Waals surface area (Å²) in [6, 6.07) is 1.27. The lowest BCUT2D eigenvalue weighted by molar-refractivity contribution is 0.00578. The molecule has 0 spiro atoms. The first kappa shape index (κ1) is 22.3. The van der Waals surface area contributed by atoms with Crippen LogP contribution in [-0.4, -0.2) is 72.7 Å². The lowest BCUT2D eigenvalue weighted by Gasteiger charge is -2.32. The Kier molecular flexibility index (Phi) is 5.72. The summed E-state index contributed by atoms with van der Waals surface area (Å²) >= 11 is 0. The van der Waals surface area contributed by atoms with Crippen LogP contribution >= 0.6 is 0 Å². The topological polar surface area (TPSA) is 97.3 Å². The van der Waals surface area contributed by atoms with Gasteiger partial charge in [0.05, 0.1) is 36.5 Å². The van der Waals surface area contributed by atoms with Gasteiger partial charge in [-0.05, 0) is 33.8 Å². The maximum absolute atomic E-state index is 14.7. The normalized spacial score (nSPS) is 24.8. The van der Waals surface area contributed by atoms with Gasteiger partial charge >= 0.3 is 13.2 Å². The Hall–Kier alpha value is -2.40. The summed E-state index contributed by atoms with van der Waals surface area (Å²) in [6.45, 7) is 6.75. The molecule has 11 heteroatoms. The maximum Gasteiger partial charge on any atom is 0.497 e. The van der Waals surface area contributed by atoms with Crippen molar-refractivity contribution in [1.29, 1.82) is 0 Å². The number of rotatable bonds is 4. The quantitative estimate of drug-likeness (QED) is 0.710. The van der Waals surface area contributed by atoms with Crippen LogP contribution in [0.1, 0.15) is 38.1 Å². The molecule has 2 amide bonds. The first-order chi connectivity index (χ1) is 13.9. The smallest absolute Gasteiger partial charge is 0.496 e. The second kappa shape index (κ2) is 7.70. The average molecular weight is 426 g/mol. The number of ether oxygens (including phenoxy) is 1. The van der Waals surface area contributed by atoms with Crippen LogP contribution < -0.4 is 15.5 Å². The molecule has 2 atom stereocenters. The SMILES string of the molecule is COc1cc(F)c(B2OC(C)(C)C(C)(C)O2)cc1C(=O)N[C@@H]1CN(C(=O)O)C[C@@H]1F. The molecule has 2 saturated heterocycles. The van der Waals surface area contributed by atoms with Gasteiger partial charge in [-0.3, -0.25) is 4.79 Å². The Morgan fingerprint density at radius 3 is 2.33 bits per heavy atom. The second-order valence-corrected chi connectivity index (χ2v) is 8.45. The average Bonchev–Trinajstić information content (AvgIpc) is 3.10. The van der Waals surface area contributed by atoms with Gasteiger partial charge in [0, 0.05) is 18.1 Å². The summed E-state index contributed by atoms with van der Waals surface area (Å²) in [4.78, 5) is 24.7. The Balaban J connectivity index is 1.87. The molecule has 0 saturated carbocycles. The Morgan fingerprint density at radius 1 is 1.23 bits per heavy atom. The van der Waals surface area contributed by atoms with Crippen molar-refractivity contribution in [2.45, 2.75) is 51.1 Å². The van der Waals surface area contributed by atoms with E-state index >= 15 is 0 Å². The van der Waals surface area contributed by atoms with E-state index in [0.717, 1.165) is 11.0 Å². The number of nitrogens with one attached hydrogen (secondary N) is 1. The minimum atomic E-state index is -1.56. The van der Waals surface area contributed by atoms with Crippen molar-refractivity contribution in [3.05, 3.63) is 23.5 Å². The van der Waals surface area contributed by atoms with Crippen molar-refractivity contribution in [2.24, 2.45) is 0 Å². The summed E-state index contributed by atoms with van der Waals surface area (Å²) in [5.74, 6) is -1.44. The molecule has 164 valence electrons. The fraction of sp³-hybridized carbons (Fsp3) is 0.579. The fourth-order valence-electron chi connectivity index (χ4n) is 3.37. The summed E-state index contributed by atoms with van der Waals surface area (Å²) in [5.41, 5.74) is -1.45. The number of benzene rings is 1. The number of methoxy groups -OCH3 is 1. The molecule has 1 aromatic carbocycles. The van der Waals surface area contributed by atoms with Crippen LogP contribution in [0.3, 0.4) is 0 Å². The minimum Gasteiger partial charge on any atom is -0.496 e. The van der Waals surface area contributed by atoms with Gasteiger partial charge in [-0.15, -0.1) is 0 Å². The molecule has 0 radical (unpaired) electrons. The molecule has 0 aromatic heterocycles. The van der Waals surface area contributed by atoms with Gasteiger partial charge in [0.25, 0.3) is 5.91 Å². The predicted octanol–water partition coefficient (Wildman–Crippen LogP) is 1.56. The Morgan fingerprint density at radius 2 is 1.83 bits per heavy atom. The Bertz CT molecular complexity index is 850. The van der Waals surface area contributed by atoms with Gasteiger partial charge in [0.1, 0.15) is 17.7 Å². The predicted molar refractivity (Wildman–Crippen MR) is 104 cm³/mol. The van der Waals surface area contributed by atoms with Crippen molar-refractivity contribution >= 4 is 24.6 Å². The van der Waals surface area contributed by atoms with Crippen LogP contribution in [0.15, 0.2) is 12.1 Å². The molecule has 2 N–H and O–H groups in total. The van der Waals surface area contributed by atoms with Crippen LogP contribution in [0, 0.1) is 5.82 Å².